The van der Waals surface area contributed by atoms with Crippen molar-refractivity contribution >= 4 is 11.6 Å². The Morgan fingerprint density at radius 2 is 2.07 bits per heavy atom. The molecule has 28 heavy (non-hydrogen) atoms. The first-order valence-electron chi connectivity index (χ1n) is 10.1. The summed E-state index contributed by atoms with van der Waals surface area (Å²) in [6, 6.07) is 10.6. The minimum absolute atomic E-state index is 0.343. The number of aryl methyl sites for hydroxylation is 2. The number of pyridine rings is 2. The number of aromatic nitrogens is 4. The third kappa shape index (κ3) is 3.78. The molecule has 0 amide bonds. The van der Waals surface area contributed by atoms with Gasteiger partial charge in [-0.05, 0) is 63.9 Å². The third-order valence-electron chi connectivity index (χ3n) is 5.61. The van der Waals surface area contributed by atoms with Gasteiger partial charge in [0.05, 0.1) is 17.9 Å². The van der Waals surface area contributed by atoms with Crippen LogP contribution in [0.15, 0.2) is 42.7 Å². The van der Waals surface area contributed by atoms with E-state index in [0.717, 1.165) is 48.9 Å². The fraction of sp³-hybridized carbons (Fsp3) is 0.409. The number of hydrogen-bond donors (Lipinski definition) is 1. The van der Waals surface area contributed by atoms with Gasteiger partial charge in [-0.1, -0.05) is 12.1 Å². The Morgan fingerprint density at radius 3 is 2.86 bits per heavy atom. The topological polar surface area (TPSA) is 58.9 Å². The Morgan fingerprint density at radius 1 is 1.18 bits per heavy atom. The van der Waals surface area contributed by atoms with Crippen LogP contribution >= 0.6 is 0 Å². The molecule has 6 heteroatoms. The minimum Gasteiger partial charge on any atom is -0.325 e. The van der Waals surface area contributed by atoms with Crippen molar-refractivity contribution in [1.29, 1.82) is 0 Å². The minimum atomic E-state index is 0.343. The first kappa shape index (κ1) is 18.6. The lowest BCUT2D eigenvalue weighted by atomic mass is 10.1. The van der Waals surface area contributed by atoms with Crippen LogP contribution in [0.3, 0.4) is 0 Å². The van der Waals surface area contributed by atoms with Crippen LogP contribution in [-0.2, 0) is 13.1 Å². The predicted octanol–water partition coefficient (Wildman–Crippen LogP) is 4.39. The first-order valence-corrected chi connectivity index (χ1v) is 10.1. The zero-order chi connectivity index (χ0) is 19.5. The van der Waals surface area contributed by atoms with Crippen LogP contribution in [0.1, 0.15) is 48.3 Å². The van der Waals surface area contributed by atoms with Crippen molar-refractivity contribution in [1.82, 2.24) is 24.6 Å². The molecule has 4 rings (SSSR count). The Kier molecular flexibility index (Phi) is 5.39. The van der Waals surface area contributed by atoms with E-state index in [1.54, 1.807) is 6.20 Å². The van der Waals surface area contributed by atoms with Crippen molar-refractivity contribution in [2.75, 3.05) is 11.9 Å². The van der Waals surface area contributed by atoms with E-state index in [4.69, 9.17) is 4.98 Å². The van der Waals surface area contributed by atoms with Crippen molar-refractivity contribution in [3.05, 3.63) is 65.2 Å². The summed E-state index contributed by atoms with van der Waals surface area (Å²) in [5.74, 6) is 1.71. The van der Waals surface area contributed by atoms with Gasteiger partial charge in [0, 0.05) is 30.5 Å². The summed E-state index contributed by atoms with van der Waals surface area (Å²) in [6.07, 6.45) is 6.16. The van der Waals surface area contributed by atoms with E-state index in [0.29, 0.717) is 6.04 Å². The van der Waals surface area contributed by atoms with Crippen molar-refractivity contribution in [2.24, 2.45) is 0 Å². The highest BCUT2D eigenvalue weighted by Gasteiger charge is 2.28. The second-order valence-corrected chi connectivity index (χ2v) is 7.44. The number of rotatable bonds is 6. The van der Waals surface area contributed by atoms with Crippen LogP contribution in [0.2, 0.25) is 0 Å². The van der Waals surface area contributed by atoms with Crippen LogP contribution in [0.5, 0.6) is 0 Å². The van der Waals surface area contributed by atoms with E-state index in [-0.39, 0.29) is 0 Å². The maximum Gasteiger partial charge on any atom is 0.134 e. The van der Waals surface area contributed by atoms with Crippen molar-refractivity contribution in [2.45, 2.75) is 52.7 Å². The molecule has 0 unspecified atom stereocenters. The summed E-state index contributed by atoms with van der Waals surface area (Å²) in [7, 11) is 0. The largest absolute Gasteiger partial charge is 0.325 e. The second-order valence-electron chi connectivity index (χ2n) is 7.44. The predicted molar refractivity (Wildman–Crippen MR) is 112 cm³/mol. The van der Waals surface area contributed by atoms with Crippen molar-refractivity contribution in [3.8, 4) is 0 Å². The average molecular weight is 377 g/mol. The maximum atomic E-state index is 4.91. The first-order chi connectivity index (χ1) is 13.7. The molecule has 0 spiro atoms. The van der Waals surface area contributed by atoms with Gasteiger partial charge in [-0.15, -0.1) is 0 Å². The lowest BCUT2D eigenvalue weighted by Gasteiger charge is -2.24. The average Bonchev–Trinajstić information content (AvgIpc) is 3.31. The second kappa shape index (κ2) is 8.10. The summed E-state index contributed by atoms with van der Waals surface area (Å²) in [5, 5.41) is 7.87. The van der Waals surface area contributed by atoms with Gasteiger partial charge < -0.3 is 5.32 Å². The smallest absolute Gasteiger partial charge is 0.134 e. The number of nitrogens with one attached hydrogen (secondary N) is 1. The lowest BCUT2D eigenvalue weighted by molar-refractivity contribution is 0.244. The van der Waals surface area contributed by atoms with Gasteiger partial charge in [0.2, 0.25) is 0 Å². The van der Waals surface area contributed by atoms with E-state index in [1.165, 1.54) is 17.7 Å². The SMILES string of the molecule is CCn1ncc(CN2CCC[C@@H]2c2cccc(Nc3ncccc3C)n2)c1C. The van der Waals surface area contributed by atoms with Gasteiger partial charge >= 0.3 is 0 Å². The molecule has 0 saturated carbocycles. The number of likely N-dealkylation sites (tertiary alicyclic amines) is 1. The highest BCUT2D eigenvalue weighted by Crippen LogP contribution is 2.33. The molecule has 3 aromatic heterocycles. The molecule has 0 bridgehead atoms. The van der Waals surface area contributed by atoms with E-state index >= 15 is 0 Å². The van der Waals surface area contributed by atoms with E-state index in [9.17, 15) is 0 Å². The Bertz CT molecular complexity index is 948. The molecule has 1 aliphatic heterocycles. The molecule has 0 radical (unpaired) electrons. The van der Waals surface area contributed by atoms with Crippen LogP contribution < -0.4 is 5.32 Å². The molecule has 1 aliphatic rings. The molecule has 0 aliphatic carbocycles. The summed E-state index contributed by atoms with van der Waals surface area (Å²) < 4.78 is 2.07. The fourth-order valence-corrected chi connectivity index (χ4v) is 3.97. The summed E-state index contributed by atoms with van der Waals surface area (Å²) >= 11 is 0. The van der Waals surface area contributed by atoms with Gasteiger partial charge in [-0.3, -0.25) is 9.58 Å². The zero-order valence-electron chi connectivity index (χ0n) is 16.9. The van der Waals surface area contributed by atoms with Gasteiger partial charge in [0.15, 0.2) is 0 Å². The molecule has 3 aromatic rings. The fourth-order valence-electron chi connectivity index (χ4n) is 3.97. The molecule has 1 atom stereocenters. The summed E-state index contributed by atoms with van der Waals surface area (Å²) in [4.78, 5) is 11.9. The lowest BCUT2D eigenvalue weighted by Crippen LogP contribution is -2.24. The molecule has 1 N–H and O–H groups in total. The van der Waals surface area contributed by atoms with E-state index in [1.807, 2.05) is 18.3 Å². The molecular formula is C22H28N6. The molecule has 1 fully saturated rings. The molecular weight excluding hydrogens is 348 g/mol. The highest BCUT2D eigenvalue weighted by atomic mass is 15.3. The van der Waals surface area contributed by atoms with Crippen molar-refractivity contribution in [3.63, 3.8) is 0 Å². The number of hydrogen-bond acceptors (Lipinski definition) is 5. The van der Waals surface area contributed by atoms with Crippen LogP contribution in [0.4, 0.5) is 11.6 Å². The zero-order valence-corrected chi connectivity index (χ0v) is 16.9. The Hall–Kier alpha value is -2.73. The molecule has 4 heterocycles. The van der Waals surface area contributed by atoms with Crippen LogP contribution in [0, 0.1) is 13.8 Å². The normalized spacial score (nSPS) is 17.2. The summed E-state index contributed by atoms with van der Waals surface area (Å²) in [6.45, 7) is 9.28. The van der Waals surface area contributed by atoms with Crippen LogP contribution in [0.25, 0.3) is 0 Å². The van der Waals surface area contributed by atoms with Crippen LogP contribution in [-0.4, -0.2) is 31.2 Å². The summed E-state index contributed by atoms with van der Waals surface area (Å²) in [5.41, 5.74) is 4.81. The maximum absolute atomic E-state index is 4.91. The van der Waals surface area contributed by atoms with Gasteiger partial charge in [-0.2, -0.15) is 5.10 Å². The number of nitrogens with zero attached hydrogens (tertiary/aromatic N) is 5. The standard InChI is InChI=1S/C22H28N6/c1-4-28-17(3)18(14-24-28)15-27-13-7-10-20(27)19-9-5-11-21(25-19)26-22-16(2)8-6-12-23-22/h5-6,8-9,11-12,14,20H,4,7,10,13,15H2,1-3H3,(H,23,25,26)/t20-/m1/s1. The van der Waals surface area contributed by atoms with Gasteiger partial charge in [0.25, 0.3) is 0 Å². The van der Waals surface area contributed by atoms with Gasteiger partial charge in [-0.25, -0.2) is 9.97 Å². The molecule has 146 valence electrons. The van der Waals surface area contributed by atoms with Gasteiger partial charge in [0.1, 0.15) is 11.6 Å². The van der Waals surface area contributed by atoms with E-state index < -0.39 is 0 Å². The highest BCUT2D eigenvalue weighted by molar-refractivity contribution is 5.55. The monoisotopic (exact) mass is 376 g/mol. The molecule has 0 aromatic carbocycles. The molecule has 1 saturated heterocycles. The Balaban J connectivity index is 1.52. The quantitative estimate of drug-likeness (QED) is 0.691. The molecule has 6 nitrogen and oxygen atoms in total. The van der Waals surface area contributed by atoms with Crippen molar-refractivity contribution < 1.29 is 0 Å². The Labute approximate surface area is 166 Å². The third-order valence-corrected chi connectivity index (χ3v) is 5.61. The van der Waals surface area contributed by atoms with E-state index in [2.05, 4.69) is 64.0 Å². The number of anilines is 2.